The van der Waals surface area contributed by atoms with Crippen LogP contribution in [-0.4, -0.2) is 53.5 Å². The van der Waals surface area contributed by atoms with Gasteiger partial charge in [0.1, 0.15) is 11.9 Å². The molecule has 0 saturated carbocycles. The largest absolute Gasteiger partial charge is 0.380 e. The van der Waals surface area contributed by atoms with Crippen LogP contribution in [-0.2, 0) is 4.74 Å². The fourth-order valence-electron chi connectivity index (χ4n) is 4.68. The van der Waals surface area contributed by atoms with Crippen LogP contribution in [0.4, 0.5) is 11.5 Å². The number of pyridine rings is 1. The summed E-state index contributed by atoms with van der Waals surface area (Å²) in [6.45, 7) is 12.4. The molecule has 2 aromatic heterocycles. The van der Waals surface area contributed by atoms with E-state index in [1.165, 1.54) is 0 Å². The lowest BCUT2D eigenvalue weighted by molar-refractivity contribution is 0.0650. The molecule has 0 radical (unpaired) electrons. The third-order valence-electron chi connectivity index (χ3n) is 6.32. The van der Waals surface area contributed by atoms with Gasteiger partial charge in [0.2, 0.25) is 0 Å². The summed E-state index contributed by atoms with van der Waals surface area (Å²) in [6, 6.07) is 8.31. The van der Waals surface area contributed by atoms with Gasteiger partial charge in [0, 0.05) is 31.8 Å². The maximum absolute atomic E-state index is 9.67. The molecule has 2 saturated heterocycles. The number of aryl methyl sites for hydroxylation is 1. The Morgan fingerprint density at radius 3 is 2.70 bits per heavy atom. The molecule has 33 heavy (non-hydrogen) atoms. The monoisotopic (exact) mass is 443 g/mol. The molecule has 0 unspecified atom stereocenters. The number of nitrogens with zero attached hydrogens (tertiary/aromatic N) is 6. The summed E-state index contributed by atoms with van der Waals surface area (Å²) in [5.74, 6) is 1.67. The normalized spacial score (nSPS) is 19.4. The minimum atomic E-state index is 0.391. The Morgan fingerprint density at radius 2 is 2.03 bits per heavy atom. The van der Waals surface area contributed by atoms with Crippen molar-refractivity contribution in [2.75, 3.05) is 31.2 Å². The Labute approximate surface area is 192 Å². The average Bonchev–Trinajstić information content (AvgIpc) is 3.29. The van der Waals surface area contributed by atoms with Crippen LogP contribution in [0.3, 0.4) is 0 Å². The Hall–Kier alpha value is -3.53. The van der Waals surface area contributed by atoms with Crippen LogP contribution in [0.1, 0.15) is 37.1 Å². The highest BCUT2D eigenvalue weighted by Gasteiger charge is 2.27. The molecular weight excluding hydrogens is 418 g/mol. The minimum Gasteiger partial charge on any atom is -0.380 e. The van der Waals surface area contributed by atoms with E-state index in [1.54, 1.807) is 19.1 Å². The highest BCUT2D eigenvalue weighted by atomic mass is 16.5. The van der Waals surface area contributed by atoms with Gasteiger partial charge in [0.15, 0.2) is 11.5 Å². The molecule has 3 aromatic rings. The Bertz CT molecular complexity index is 1240. The van der Waals surface area contributed by atoms with E-state index in [0.717, 1.165) is 63.4 Å². The Morgan fingerprint density at radius 1 is 1.18 bits per heavy atom. The van der Waals surface area contributed by atoms with E-state index in [9.17, 15) is 5.26 Å². The second-order valence-corrected chi connectivity index (χ2v) is 8.64. The first-order valence-corrected chi connectivity index (χ1v) is 11.3. The zero-order valence-corrected chi connectivity index (χ0v) is 18.5. The number of nitrogens with one attached hydrogen (secondary N) is 1. The highest BCUT2D eigenvalue weighted by Crippen LogP contribution is 2.35. The molecule has 0 bridgehead atoms. The van der Waals surface area contributed by atoms with Crippen LogP contribution in [0, 0.1) is 24.8 Å². The SMILES string of the molecule is [C-]#[N+]c1cc(C#N)c2nc(N3CCC(N[C@@H]4CCCOC4)CC3)c(-c3nc(C)no3)cc2c1. The smallest absolute Gasteiger partial charge is 0.261 e. The van der Waals surface area contributed by atoms with Gasteiger partial charge >= 0.3 is 0 Å². The number of benzene rings is 1. The molecule has 4 heterocycles. The molecule has 2 fully saturated rings. The Kier molecular flexibility index (Phi) is 5.91. The van der Waals surface area contributed by atoms with E-state index >= 15 is 0 Å². The maximum atomic E-state index is 9.67. The molecule has 0 spiro atoms. The Balaban J connectivity index is 1.47. The van der Waals surface area contributed by atoms with Gasteiger partial charge < -0.3 is 19.5 Å². The van der Waals surface area contributed by atoms with Crippen LogP contribution < -0.4 is 10.2 Å². The summed E-state index contributed by atoms with van der Waals surface area (Å²) in [5.41, 5.74) is 2.10. The maximum Gasteiger partial charge on any atom is 0.261 e. The van der Waals surface area contributed by atoms with E-state index in [4.69, 9.17) is 20.8 Å². The standard InChI is InChI=1S/C24H25N7O2/c1-15-27-24(33-30-15)21-12-16-10-20(26-2)11-17(13-25)22(16)29-23(21)31-7-5-18(6-8-31)28-19-4-3-9-32-14-19/h10-12,18-19,28H,3-9,14H2,1H3/t19-/m1/s1. The van der Waals surface area contributed by atoms with Crippen molar-refractivity contribution < 1.29 is 9.26 Å². The van der Waals surface area contributed by atoms with Crippen LogP contribution in [0.5, 0.6) is 0 Å². The molecule has 2 aliphatic rings. The van der Waals surface area contributed by atoms with Gasteiger partial charge in [-0.3, -0.25) is 0 Å². The van der Waals surface area contributed by atoms with E-state index in [-0.39, 0.29) is 0 Å². The van der Waals surface area contributed by atoms with Crippen molar-refractivity contribution in [3.63, 3.8) is 0 Å². The summed E-state index contributed by atoms with van der Waals surface area (Å²) in [7, 11) is 0. The molecule has 1 N–H and O–H groups in total. The molecule has 2 aliphatic heterocycles. The molecule has 1 atom stereocenters. The molecule has 5 rings (SSSR count). The fraction of sp³-hybridized carbons (Fsp3) is 0.458. The van der Waals surface area contributed by atoms with Crippen molar-refractivity contribution in [1.82, 2.24) is 20.4 Å². The summed E-state index contributed by atoms with van der Waals surface area (Å²) in [6.07, 6.45) is 4.25. The van der Waals surface area contributed by atoms with Gasteiger partial charge in [-0.05, 0) is 56.2 Å². The second kappa shape index (κ2) is 9.14. The van der Waals surface area contributed by atoms with E-state index < -0.39 is 0 Å². The van der Waals surface area contributed by atoms with Crippen molar-refractivity contribution in [1.29, 1.82) is 5.26 Å². The number of rotatable bonds is 4. The third-order valence-corrected chi connectivity index (χ3v) is 6.32. The van der Waals surface area contributed by atoms with Gasteiger partial charge in [0.05, 0.1) is 29.8 Å². The van der Waals surface area contributed by atoms with Crippen molar-refractivity contribution in [3.8, 4) is 17.5 Å². The quantitative estimate of drug-likeness (QED) is 0.608. The zero-order chi connectivity index (χ0) is 22.8. The van der Waals surface area contributed by atoms with Crippen molar-refractivity contribution in [2.45, 2.75) is 44.7 Å². The van der Waals surface area contributed by atoms with Gasteiger partial charge in [-0.2, -0.15) is 10.2 Å². The summed E-state index contributed by atoms with van der Waals surface area (Å²) < 4.78 is 11.1. The highest BCUT2D eigenvalue weighted by molar-refractivity contribution is 5.93. The lowest BCUT2D eigenvalue weighted by Crippen LogP contribution is -2.48. The first-order chi connectivity index (χ1) is 16.1. The molecule has 9 heteroatoms. The van der Waals surface area contributed by atoms with E-state index in [1.807, 2.05) is 6.07 Å². The summed E-state index contributed by atoms with van der Waals surface area (Å²) in [5, 5.41) is 18.1. The number of ether oxygens (including phenoxy) is 1. The minimum absolute atomic E-state index is 0.391. The van der Waals surface area contributed by atoms with E-state index in [2.05, 4.69) is 31.3 Å². The van der Waals surface area contributed by atoms with Crippen molar-refractivity contribution in [2.24, 2.45) is 0 Å². The van der Waals surface area contributed by atoms with Gasteiger partial charge in [-0.15, -0.1) is 0 Å². The first-order valence-electron chi connectivity index (χ1n) is 11.3. The molecule has 1 aromatic carbocycles. The predicted octanol–water partition coefficient (Wildman–Crippen LogP) is 3.75. The van der Waals surface area contributed by atoms with Crippen molar-refractivity contribution in [3.05, 3.63) is 41.0 Å². The zero-order valence-electron chi connectivity index (χ0n) is 18.5. The predicted molar refractivity (Wildman–Crippen MR) is 123 cm³/mol. The van der Waals surface area contributed by atoms with Crippen molar-refractivity contribution >= 4 is 22.4 Å². The molecule has 0 aliphatic carbocycles. The average molecular weight is 444 g/mol. The topological polar surface area (TPSA) is 104 Å². The van der Waals surface area contributed by atoms with Gasteiger partial charge in [-0.1, -0.05) is 5.16 Å². The fourth-order valence-corrected chi connectivity index (χ4v) is 4.68. The molecule has 9 nitrogen and oxygen atoms in total. The summed E-state index contributed by atoms with van der Waals surface area (Å²) in [4.78, 5) is 15.1. The van der Waals surface area contributed by atoms with Crippen LogP contribution >= 0.6 is 0 Å². The van der Waals surface area contributed by atoms with Gasteiger partial charge in [0.25, 0.3) is 5.89 Å². The number of hydrogen-bond donors (Lipinski definition) is 1. The molecule has 168 valence electrons. The third kappa shape index (κ3) is 4.38. The molecule has 0 amide bonds. The summed E-state index contributed by atoms with van der Waals surface area (Å²) >= 11 is 0. The number of piperidine rings is 1. The van der Waals surface area contributed by atoms with Gasteiger partial charge in [-0.25, -0.2) is 9.83 Å². The lowest BCUT2D eigenvalue weighted by atomic mass is 10.0. The second-order valence-electron chi connectivity index (χ2n) is 8.64. The van der Waals surface area contributed by atoms with E-state index in [0.29, 0.717) is 46.0 Å². The van der Waals surface area contributed by atoms with Crippen LogP contribution in [0.15, 0.2) is 22.7 Å². The number of nitriles is 1. The number of anilines is 1. The van der Waals surface area contributed by atoms with Crippen LogP contribution in [0.2, 0.25) is 0 Å². The molecular formula is C24H25N7O2. The number of hydrogen-bond acceptors (Lipinski definition) is 8. The number of aromatic nitrogens is 3. The van der Waals surface area contributed by atoms with Crippen LogP contribution in [0.25, 0.3) is 27.2 Å². The lowest BCUT2D eigenvalue weighted by Gasteiger charge is -2.36. The first kappa shape index (κ1) is 21.3. The number of fused-ring (bicyclic) bond motifs is 1.